The summed E-state index contributed by atoms with van der Waals surface area (Å²) >= 11 is 0. The lowest BCUT2D eigenvalue weighted by Crippen LogP contribution is -2.04. The van der Waals surface area contributed by atoms with Crippen LogP contribution in [0.15, 0.2) is 200 Å². The van der Waals surface area contributed by atoms with Gasteiger partial charge in [-0.1, -0.05) is 170 Å². The van der Waals surface area contributed by atoms with E-state index < -0.39 is 0 Å². The Kier molecular flexibility index (Phi) is 7.17. The van der Waals surface area contributed by atoms with Crippen LogP contribution in [-0.2, 0) is 0 Å². The molecule has 11 aromatic rings. The summed E-state index contributed by atoms with van der Waals surface area (Å²) in [6.07, 6.45) is 0. The second-order valence-electron chi connectivity index (χ2n) is 14.2. The van der Waals surface area contributed by atoms with E-state index in [-0.39, 0.29) is 0 Å². The summed E-state index contributed by atoms with van der Waals surface area (Å²) in [7, 11) is 0. The zero-order valence-electron chi connectivity index (χ0n) is 29.9. The van der Waals surface area contributed by atoms with Crippen LogP contribution >= 0.6 is 0 Å². The van der Waals surface area contributed by atoms with E-state index in [1.54, 1.807) is 0 Å². The summed E-state index contributed by atoms with van der Waals surface area (Å²) in [6.45, 7) is 0. The van der Waals surface area contributed by atoms with Gasteiger partial charge in [0.25, 0.3) is 0 Å². The first-order valence-electron chi connectivity index (χ1n) is 18.7. The van der Waals surface area contributed by atoms with Crippen LogP contribution in [0.4, 0.5) is 0 Å². The molecule has 3 heteroatoms. The van der Waals surface area contributed by atoms with Gasteiger partial charge in [-0.25, -0.2) is 9.97 Å². The molecule has 0 radical (unpaired) electrons. The fourth-order valence-electron chi connectivity index (χ4n) is 8.43. The van der Waals surface area contributed by atoms with E-state index in [4.69, 9.17) is 9.97 Å². The molecule has 0 fully saturated rings. The smallest absolute Gasteiger partial charge is 0.235 e. The molecule has 3 nitrogen and oxygen atoms in total. The average Bonchev–Trinajstić information content (AvgIpc) is 3.60. The van der Waals surface area contributed by atoms with Gasteiger partial charge in [-0.05, 0) is 79.9 Å². The Morgan fingerprint density at radius 2 is 0.909 bits per heavy atom. The highest BCUT2D eigenvalue weighted by atomic mass is 15.2. The number of benzene rings is 9. The molecule has 2 heterocycles. The first-order valence-corrected chi connectivity index (χ1v) is 18.7. The predicted molar refractivity (Wildman–Crippen MR) is 231 cm³/mol. The number of fused-ring (bicyclic) bond motifs is 7. The van der Waals surface area contributed by atoms with Crippen LogP contribution in [0.5, 0.6) is 0 Å². The van der Waals surface area contributed by atoms with Gasteiger partial charge in [0.15, 0.2) is 0 Å². The third-order valence-electron chi connectivity index (χ3n) is 11.0. The minimum Gasteiger partial charge on any atom is -0.278 e. The van der Waals surface area contributed by atoms with Crippen molar-refractivity contribution in [2.24, 2.45) is 0 Å². The Balaban J connectivity index is 1.14. The van der Waals surface area contributed by atoms with E-state index in [2.05, 4.69) is 205 Å². The van der Waals surface area contributed by atoms with E-state index in [9.17, 15) is 0 Å². The van der Waals surface area contributed by atoms with Gasteiger partial charge in [0, 0.05) is 27.1 Å². The average molecular weight is 700 g/mol. The molecule has 0 atom stereocenters. The van der Waals surface area contributed by atoms with E-state index in [0.717, 1.165) is 44.0 Å². The van der Waals surface area contributed by atoms with E-state index in [1.807, 2.05) is 0 Å². The van der Waals surface area contributed by atoms with Gasteiger partial charge in [0.2, 0.25) is 5.95 Å². The minimum absolute atomic E-state index is 0.654. The molecule has 55 heavy (non-hydrogen) atoms. The van der Waals surface area contributed by atoms with Crippen molar-refractivity contribution in [2.45, 2.75) is 0 Å². The van der Waals surface area contributed by atoms with E-state index in [1.165, 1.54) is 54.9 Å². The molecular weight excluding hydrogens is 667 g/mol. The fourth-order valence-corrected chi connectivity index (χ4v) is 8.43. The first kappa shape index (κ1) is 31.2. The molecule has 0 bridgehead atoms. The summed E-state index contributed by atoms with van der Waals surface area (Å²) in [6, 6.07) is 71.5. The molecular formula is C52H33N3. The van der Waals surface area contributed by atoms with Crippen molar-refractivity contribution in [3.63, 3.8) is 0 Å². The Morgan fingerprint density at radius 1 is 0.309 bits per heavy atom. The van der Waals surface area contributed by atoms with Gasteiger partial charge in [-0.3, -0.25) is 4.57 Å². The standard InChI is InChI=1S/C52H33N3/c1-3-15-35(16-4-1)45-33-47-50(36-18-5-2-6-19-36)53-52(54-51(47)44-26-10-9-24-42(44)45)55-48-28-12-11-25-43(48)46-32-38(29-30-49(46)55)37-21-13-22-39(31-37)41-27-14-20-34-17-7-8-23-40(34)41/h1-33H. The third-order valence-corrected chi connectivity index (χ3v) is 11.0. The van der Waals surface area contributed by atoms with Crippen molar-refractivity contribution in [3.8, 4) is 50.6 Å². The highest BCUT2D eigenvalue weighted by Gasteiger charge is 2.20. The summed E-state index contributed by atoms with van der Waals surface area (Å²) in [5, 5.41) is 8.14. The van der Waals surface area contributed by atoms with Crippen molar-refractivity contribution in [1.82, 2.24) is 14.5 Å². The zero-order chi connectivity index (χ0) is 36.3. The summed E-state index contributed by atoms with van der Waals surface area (Å²) in [4.78, 5) is 10.9. The number of para-hydroxylation sites is 1. The molecule has 2 aromatic heterocycles. The number of aromatic nitrogens is 3. The second-order valence-corrected chi connectivity index (χ2v) is 14.2. The normalized spacial score (nSPS) is 11.6. The molecule has 0 aliphatic heterocycles. The maximum Gasteiger partial charge on any atom is 0.235 e. The highest BCUT2D eigenvalue weighted by molar-refractivity contribution is 6.16. The summed E-state index contributed by atoms with van der Waals surface area (Å²) < 4.78 is 2.24. The Morgan fingerprint density at radius 3 is 1.75 bits per heavy atom. The van der Waals surface area contributed by atoms with Gasteiger partial charge in [0.1, 0.15) is 0 Å². The fraction of sp³-hybridized carbons (Fsp3) is 0. The molecule has 0 saturated heterocycles. The molecule has 0 unspecified atom stereocenters. The lowest BCUT2D eigenvalue weighted by atomic mass is 9.94. The summed E-state index contributed by atoms with van der Waals surface area (Å²) in [5.41, 5.74) is 12.2. The molecule has 0 amide bonds. The molecule has 0 saturated carbocycles. The lowest BCUT2D eigenvalue weighted by Gasteiger charge is -2.16. The largest absolute Gasteiger partial charge is 0.278 e. The molecule has 256 valence electrons. The number of rotatable bonds is 5. The van der Waals surface area contributed by atoms with Crippen LogP contribution in [0, 0.1) is 0 Å². The van der Waals surface area contributed by atoms with Crippen LogP contribution in [0.25, 0.3) is 105 Å². The Labute approximate surface area is 318 Å². The highest BCUT2D eigenvalue weighted by Crippen LogP contribution is 2.40. The monoisotopic (exact) mass is 699 g/mol. The molecule has 0 aliphatic rings. The van der Waals surface area contributed by atoms with Crippen molar-refractivity contribution in [2.75, 3.05) is 0 Å². The van der Waals surface area contributed by atoms with Crippen LogP contribution in [0.3, 0.4) is 0 Å². The van der Waals surface area contributed by atoms with E-state index in [0.29, 0.717) is 5.95 Å². The first-order chi connectivity index (χ1) is 27.3. The quantitative estimate of drug-likeness (QED) is 0.167. The van der Waals surface area contributed by atoms with Gasteiger partial charge < -0.3 is 0 Å². The molecule has 0 spiro atoms. The number of hydrogen-bond acceptors (Lipinski definition) is 2. The molecule has 0 aliphatic carbocycles. The predicted octanol–water partition coefficient (Wildman–Crippen LogP) is 13.7. The SMILES string of the molecule is c1ccc(-c2cc3c(-c4ccccc4)nc(-n4c5ccccc5c5cc(-c6cccc(-c7cccc8ccccc78)c6)ccc54)nc3c3ccccc23)cc1. The molecule has 0 N–H and O–H groups in total. The van der Waals surface area contributed by atoms with Crippen molar-refractivity contribution >= 4 is 54.3 Å². The zero-order valence-corrected chi connectivity index (χ0v) is 29.9. The topological polar surface area (TPSA) is 30.7 Å². The second kappa shape index (κ2) is 12.6. The Bertz CT molecular complexity index is 3250. The maximum absolute atomic E-state index is 5.47. The van der Waals surface area contributed by atoms with Crippen molar-refractivity contribution < 1.29 is 0 Å². The third kappa shape index (κ3) is 5.13. The number of hydrogen-bond donors (Lipinski definition) is 0. The van der Waals surface area contributed by atoms with E-state index >= 15 is 0 Å². The van der Waals surface area contributed by atoms with Gasteiger partial charge in [-0.15, -0.1) is 0 Å². The molecule has 9 aromatic carbocycles. The molecule has 11 rings (SSSR count). The lowest BCUT2D eigenvalue weighted by molar-refractivity contribution is 1.02. The van der Waals surface area contributed by atoms with Gasteiger partial charge >= 0.3 is 0 Å². The van der Waals surface area contributed by atoms with Gasteiger partial charge in [0.05, 0.1) is 22.2 Å². The minimum atomic E-state index is 0.654. The Hall–Kier alpha value is -7.36. The van der Waals surface area contributed by atoms with Crippen molar-refractivity contribution in [1.29, 1.82) is 0 Å². The van der Waals surface area contributed by atoms with Crippen LogP contribution in [-0.4, -0.2) is 14.5 Å². The summed E-state index contributed by atoms with van der Waals surface area (Å²) in [5.74, 6) is 0.654. The number of nitrogens with zero attached hydrogens (tertiary/aromatic N) is 3. The van der Waals surface area contributed by atoms with Gasteiger partial charge in [-0.2, -0.15) is 0 Å². The van der Waals surface area contributed by atoms with Crippen LogP contribution in [0.2, 0.25) is 0 Å². The van der Waals surface area contributed by atoms with Crippen LogP contribution < -0.4 is 0 Å². The van der Waals surface area contributed by atoms with Crippen molar-refractivity contribution in [3.05, 3.63) is 200 Å². The van der Waals surface area contributed by atoms with Crippen LogP contribution in [0.1, 0.15) is 0 Å². The maximum atomic E-state index is 5.47.